The molecule has 2 aromatic heterocycles. The molecule has 1 amide bonds. The topological polar surface area (TPSA) is 89.7 Å². The van der Waals surface area contributed by atoms with Crippen LogP contribution in [0.5, 0.6) is 5.75 Å². The van der Waals surface area contributed by atoms with E-state index in [-0.39, 0.29) is 22.5 Å². The van der Waals surface area contributed by atoms with Crippen molar-refractivity contribution in [2.45, 2.75) is 39.7 Å². The maximum atomic E-state index is 13.7. The van der Waals surface area contributed by atoms with Crippen molar-refractivity contribution in [2.75, 3.05) is 11.5 Å². The molecule has 0 aliphatic carbocycles. The summed E-state index contributed by atoms with van der Waals surface area (Å²) in [5.41, 5.74) is 1.55. The Morgan fingerprint density at radius 1 is 1.19 bits per heavy atom. The van der Waals surface area contributed by atoms with E-state index in [0.717, 1.165) is 28.7 Å². The third kappa shape index (κ3) is 4.16. The van der Waals surface area contributed by atoms with E-state index >= 15 is 0 Å². The van der Waals surface area contributed by atoms with Crippen LogP contribution < -0.4 is 15.1 Å². The lowest BCUT2D eigenvalue weighted by Crippen LogP contribution is -2.29. The number of benzene rings is 2. The van der Waals surface area contributed by atoms with Crippen LogP contribution in [-0.2, 0) is 0 Å². The Balaban J connectivity index is 1.69. The Morgan fingerprint density at radius 2 is 1.94 bits per heavy atom. The molecule has 0 bridgehead atoms. The van der Waals surface area contributed by atoms with Crippen LogP contribution in [0.4, 0.5) is 5.13 Å². The van der Waals surface area contributed by atoms with Gasteiger partial charge >= 0.3 is 0 Å². The second-order valence-corrected chi connectivity index (χ2v) is 10.5. The van der Waals surface area contributed by atoms with Crippen LogP contribution in [0.25, 0.3) is 11.0 Å². The number of unbranched alkanes of at least 4 members (excludes halogenated alkanes) is 1. The van der Waals surface area contributed by atoms with Gasteiger partial charge in [0.05, 0.1) is 34.2 Å². The molecule has 4 aromatic rings. The highest BCUT2D eigenvalue weighted by molar-refractivity contribution is 9.10. The van der Waals surface area contributed by atoms with E-state index in [1.54, 1.807) is 25.1 Å². The Bertz CT molecular complexity index is 1560. The van der Waals surface area contributed by atoms with Crippen molar-refractivity contribution in [3.8, 4) is 5.75 Å². The summed E-state index contributed by atoms with van der Waals surface area (Å²) in [5, 5.41) is 0.717. The third-order valence-electron chi connectivity index (χ3n) is 6.11. The largest absolute Gasteiger partial charge is 0.494 e. The molecule has 0 saturated heterocycles. The molecule has 184 valence electrons. The Kier molecular flexibility index (Phi) is 6.53. The van der Waals surface area contributed by atoms with E-state index < -0.39 is 11.9 Å². The van der Waals surface area contributed by atoms with E-state index in [9.17, 15) is 14.4 Å². The normalized spacial score (nSPS) is 14.9. The fraction of sp³-hybridized carbons (Fsp3) is 0.259. The minimum atomic E-state index is -0.762. The summed E-state index contributed by atoms with van der Waals surface area (Å²) in [6.07, 6.45) is 1.98. The highest BCUT2D eigenvalue weighted by Gasteiger charge is 2.45. The van der Waals surface area contributed by atoms with Gasteiger partial charge in [0, 0.05) is 11.4 Å². The number of thiazole rings is 1. The average molecular weight is 567 g/mol. The van der Waals surface area contributed by atoms with Crippen LogP contribution in [0.2, 0.25) is 0 Å². The van der Waals surface area contributed by atoms with Gasteiger partial charge in [0.2, 0.25) is 5.76 Å². The first kappa shape index (κ1) is 24.4. The van der Waals surface area contributed by atoms with E-state index in [1.807, 2.05) is 24.3 Å². The number of hydrogen-bond acceptors (Lipinski definition) is 7. The monoisotopic (exact) mass is 566 g/mol. The first-order chi connectivity index (χ1) is 17.3. The number of ketones is 1. The summed E-state index contributed by atoms with van der Waals surface area (Å²) in [6, 6.07) is 11.7. The molecule has 7 nitrogen and oxygen atoms in total. The van der Waals surface area contributed by atoms with Gasteiger partial charge in [-0.1, -0.05) is 52.7 Å². The lowest BCUT2D eigenvalue weighted by Gasteiger charge is -2.22. The van der Waals surface area contributed by atoms with Gasteiger partial charge in [0.25, 0.3) is 5.91 Å². The SMILES string of the molecule is CCCCOc1ccc(C2c3c(oc4ccc(Br)cc4c3=O)C(=O)N2c2nc(C)c(C(C)=O)s2)cc1. The highest BCUT2D eigenvalue weighted by Crippen LogP contribution is 2.43. The molecule has 1 aliphatic heterocycles. The zero-order valence-electron chi connectivity index (χ0n) is 20.0. The van der Waals surface area contributed by atoms with Crippen LogP contribution >= 0.6 is 27.3 Å². The van der Waals surface area contributed by atoms with Gasteiger partial charge in [-0.3, -0.25) is 19.3 Å². The molecular formula is C27H23BrN2O5S. The molecule has 1 aliphatic rings. The summed E-state index contributed by atoms with van der Waals surface area (Å²) in [7, 11) is 0. The summed E-state index contributed by atoms with van der Waals surface area (Å²) >= 11 is 4.55. The summed E-state index contributed by atoms with van der Waals surface area (Å²) < 4.78 is 12.5. The number of nitrogens with zero attached hydrogens (tertiary/aromatic N) is 2. The molecule has 1 unspecified atom stereocenters. The maximum Gasteiger partial charge on any atom is 0.297 e. The van der Waals surface area contributed by atoms with Gasteiger partial charge in [-0.25, -0.2) is 4.98 Å². The van der Waals surface area contributed by atoms with E-state index in [0.29, 0.717) is 44.6 Å². The molecule has 3 heterocycles. The summed E-state index contributed by atoms with van der Waals surface area (Å²) in [4.78, 5) is 46.0. The van der Waals surface area contributed by atoms with Crippen molar-refractivity contribution >= 4 is 55.1 Å². The second kappa shape index (κ2) is 9.63. The van der Waals surface area contributed by atoms with Crippen LogP contribution in [0.15, 0.2) is 56.1 Å². The molecule has 1 atom stereocenters. The standard InChI is InChI=1S/C27H23BrN2O5S/c1-4-5-12-34-18-9-6-16(7-10-18)22-21-23(32)19-13-17(28)8-11-20(19)35-24(21)26(33)30(22)27-29-14(2)25(36-27)15(3)31/h6-11,13,22H,4-5,12H2,1-3H3. The van der Waals surface area contributed by atoms with Gasteiger partial charge in [-0.2, -0.15) is 0 Å². The summed E-state index contributed by atoms with van der Waals surface area (Å²) in [6.45, 7) is 5.91. The Morgan fingerprint density at radius 3 is 2.61 bits per heavy atom. The minimum Gasteiger partial charge on any atom is -0.494 e. The molecule has 2 aromatic carbocycles. The maximum absolute atomic E-state index is 13.7. The number of rotatable bonds is 7. The number of carbonyl (C=O) groups excluding carboxylic acids is 2. The van der Waals surface area contributed by atoms with Crippen molar-refractivity contribution in [2.24, 2.45) is 0 Å². The number of anilines is 1. The fourth-order valence-corrected chi connectivity index (χ4v) is 5.70. The van der Waals surface area contributed by atoms with E-state index in [4.69, 9.17) is 9.15 Å². The van der Waals surface area contributed by atoms with Gasteiger partial charge in [0.1, 0.15) is 11.3 Å². The van der Waals surface area contributed by atoms with Crippen molar-refractivity contribution in [3.05, 3.63) is 84.6 Å². The predicted molar refractivity (Wildman–Crippen MR) is 143 cm³/mol. The quantitative estimate of drug-likeness (QED) is 0.188. The zero-order chi connectivity index (χ0) is 25.6. The number of carbonyl (C=O) groups is 2. The van der Waals surface area contributed by atoms with Crippen molar-refractivity contribution in [3.63, 3.8) is 0 Å². The van der Waals surface area contributed by atoms with Crippen LogP contribution in [0, 0.1) is 6.92 Å². The predicted octanol–water partition coefficient (Wildman–Crippen LogP) is 6.45. The molecule has 0 radical (unpaired) electrons. The van der Waals surface area contributed by atoms with Crippen molar-refractivity contribution in [1.29, 1.82) is 0 Å². The summed E-state index contributed by atoms with van der Waals surface area (Å²) in [5.74, 6) is 0.0985. The lowest BCUT2D eigenvalue weighted by molar-refractivity contribution is 0.0969. The van der Waals surface area contributed by atoms with Gasteiger partial charge in [0.15, 0.2) is 16.3 Å². The van der Waals surface area contributed by atoms with Gasteiger partial charge in [-0.05, 0) is 49.2 Å². The molecule has 0 N–H and O–H groups in total. The Labute approximate surface area is 219 Å². The zero-order valence-corrected chi connectivity index (χ0v) is 22.4. The first-order valence-corrected chi connectivity index (χ1v) is 13.2. The number of ether oxygens (including phenoxy) is 1. The number of amides is 1. The molecule has 0 saturated carbocycles. The van der Waals surface area contributed by atoms with Crippen molar-refractivity contribution in [1.82, 2.24) is 4.98 Å². The molecule has 36 heavy (non-hydrogen) atoms. The molecular weight excluding hydrogens is 544 g/mol. The van der Waals surface area contributed by atoms with E-state index in [1.165, 1.54) is 11.8 Å². The minimum absolute atomic E-state index is 0.0136. The number of halogens is 1. The highest BCUT2D eigenvalue weighted by atomic mass is 79.9. The number of aryl methyl sites for hydroxylation is 1. The Hall–Kier alpha value is -3.30. The number of hydrogen-bond donors (Lipinski definition) is 0. The lowest BCUT2D eigenvalue weighted by atomic mass is 9.98. The molecule has 0 fully saturated rings. The molecule has 0 spiro atoms. The average Bonchev–Trinajstić information content (AvgIpc) is 3.38. The van der Waals surface area contributed by atoms with Crippen LogP contribution in [0.1, 0.15) is 69.8 Å². The fourth-order valence-electron chi connectivity index (χ4n) is 4.35. The smallest absolute Gasteiger partial charge is 0.297 e. The number of Topliss-reactive ketones (excluding diaryl/α,β-unsaturated/α-hetero) is 1. The molecule has 5 rings (SSSR count). The van der Waals surface area contributed by atoms with Crippen molar-refractivity contribution < 1.29 is 18.7 Å². The number of fused-ring (bicyclic) bond motifs is 2. The molecule has 9 heteroatoms. The number of aromatic nitrogens is 1. The van der Waals surface area contributed by atoms with Gasteiger partial charge in [-0.15, -0.1) is 0 Å². The van der Waals surface area contributed by atoms with Crippen LogP contribution in [0.3, 0.4) is 0 Å². The van der Waals surface area contributed by atoms with Gasteiger partial charge < -0.3 is 9.15 Å². The first-order valence-electron chi connectivity index (χ1n) is 11.6. The second-order valence-electron chi connectivity index (χ2n) is 8.63. The van der Waals surface area contributed by atoms with E-state index in [2.05, 4.69) is 27.8 Å². The third-order valence-corrected chi connectivity index (χ3v) is 7.86. The van der Waals surface area contributed by atoms with Crippen LogP contribution in [-0.4, -0.2) is 23.3 Å².